The normalized spacial score (nSPS) is 13.1. The van der Waals surface area contributed by atoms with E-state index < -0.39 is 4.92 Å². The number of carbonyl (C=O) groups is 1. The number of rotatable bonds is 4. The highest BCUT2D eigenvalue weighted by Crippen LogP contribution is 2.39. The van der Waals surface area contributed by atoms with E-state index in [9.17, 15) is 14.9 Å². The number of methoxy groups -OCH3 is 2. The van der Waals surface area contributed by atoms with Crippen LogP contribution in [0, 0.1) is 10.1 Å². The zero-order valence-electron chi connectivity index (χ0n) is 13.3. The minimum Gasteiger partial charge on any atom is -0.493 e. The summed E-state index contributed by atoms with van der Waals surface area (Å²) in [5.41, 5.74) is 0.526. The molecule has 0 spiro atoms. The Kier molecular flexibility index (Phi) is 4.37. The molecular weight excluding hydrogens is 352 g/mol. The third-order valence-electron chi connectivity index (χ3n) is 3.69. The molecule has 0 atom stereocenters. The van der Waals surface area contributed by atoms with E-state index in [1.165, 1.54) is 32.4 Å². The van der Waals surface area contributed by atoms with Gasteiger partial charge in [-0.15, -0.1) is 5.06 Å². The summed E-state index contributed by atoms with van der Waals surface area (Å²) in [4.78, 5) is 28.4. The maximum absolute atomic E-state index is 12.4. The Bertz CT molecular complexity index is 870. The fraction of sp³-hybridized carbons (Fsp3) is 0.188. The molecule has 0 aliphatic carbocycles. The number of hydrogen-bond donors (Lipinski definition) is 0. The second-order valence-electron chi connectivity index (χ2n) is 5.16. The summed E-state index contributed by atoms with van der Waals surface area (Å²) in [6.45, 7) is 0. The number of halogens is 1. The summed E-state index contributed by atoms with van der Waals surface area (Å²) in [5, 5.41) is 12.0. The number of benzene rings is 2. The van der Waals surface area contributed by atoms with Crippen molar-refractivity contribution in [2.45, 2.75) is 6.42 Å². The van der Waals surface area contributed by atoms with Gasteiger partial charge in [-0.05, 0) is 18.2 Å². The third kappa shape index (κ3) is 3.03. The molecule has 130 valence electrons. The number of nitrogens with zero attached hydrogens (tertiary/aromatic N) is 2. The molecular formula is C16H13ClN2O6. The van der Waals surface area contributed by atoms with Gasteiger partial charge in [0.15, 0.2) is 17.2 Å². The standard InChI is InChI=1S/C16H13ClN2O6/c1-23-14-5-9-6-16(20)18(25-13(9)8-15(14)24-2)10-3-4-11(17)12(7-10)19(21)22/h3-5,7-8H,6H2,1-2H3. The molecule has 1 heterocycles. The smallest absolute Gasteiger partial charge is 0.290 e. The summed E-state index contributed by atoms with van der Waals surface area (Å²) < 4.78 is 10.4. The number of amides is 1. The first-order chi connectivity index (χ1) is 11.9. The predicted octanol–water partition coefficient (Wildman–Crippen LogP) is 3.15. The first kappa shape index (κ1) is 16.8. The molecule has 0 saturated heterocycles. The largest absolute Gasteiger partial charge is 0.493 e. The number of hydrogen-bond acceptors (Lipinski definition) is 6. The summed E-state index contributed by atoms with van der Waals surface area (Å²) in [6, 6.07) is 7.26. The highest BCUT2D eigenvalue weighted by Gasteiger charge is 2.29. The van der Waals surface area contributed by atoms with E-state index in [1.807, 2.05) is 0 Å². The molecule has 2 aromatic carbocycles. The number of fused-ring (bicyclic) bond motifs is 1. The molecule has 0 fully saturated rings. The Morgan fingerprint density at radius 1 is 1.20 bits per heavy atom. The van der Waals surface area contributed by atoms with Crippen LogP contribution in [0.25, 0.3) is 0 Å². The third-order valence-corrected chi connectivity index (χ3v) is 4.01. The molecule has 0 unspecified atom stereocenters. The highest BCUT2D eigenvalue weighted by atomic mass is 35.5. The predicted molar refractivity (Wildman–Crippen MR) is 89.5 cm³/mol. The average molecular weight is 365 g/mol. The van der Waals surface area contributed by atoms with E-state index in [0.29, 0.717) is 22.8 Å². The van der Waals surface area contributed by atoms with Crippen molar-refractivity contribution in [1.82, 2.24) is 0 Å². The van der Waals surface area contributed by atoms with Gasteiger partial charge in [-0.2, -0.15) is 0 Å². The van der Waals surface area contributed by atoms with Crippen molar-refractivity contribution in [3.05, 3.63) is 51.0 Å². The van der Waals surface area contributed by atoms with Crippen molar-refractivity contribution in [3.8, 4) is 17.2 Å². The number of anilines is 1. The van der Waals surface area contributed by atoms with Gasteiger partial charge in [0.1, 0.15) is 5.02 Å². The quantitative estimate of drug-likeness (QED) is 0.611. The molecule has 0 N–H and O–H groups in total. The molecule has 25 heavy (non-hydrogen) atoms. The second kappa shape index (κ2) is 6.48. The Morgan fingerprint density at radius 3 is 2.52 bits per heavy atom. The van der Waals surface area contributed by atoms with Crippen molar-refractivity contribution >= 4 is 28.9 Å². The van der Waals surface area contributed by atoms with Gasteiger partial charge in [0.05, 0.1) is 31.3 Å². The molecule has 8 nitrogen and oxygen atoms in total. The first-order valence-corrected chi connectivity index (χ1v) is 7.52. The van der Waals surface area contributed by atoms with E-state index in [2.05, 4.69) is 0 Å². The van der Waals surface area contributed by atoms with Gasteiger partial charge in [0, 0.05) is 17.7 Å². The van der Waals surface area contributed by atoms with E-state index in [1.54, 1.807) is 12.1 Å². The Morgan fingerprint density at radius 2 is 1.88 bits per heavy atom. The van der Waals surface area contributed by atoms with Crippen molar-refractivity contribution < 1.29 is 24.0 Å². The Labute approximate surface area is 147 Å². The van der Waals surface area contributed by atoms with Gasteiger partial charge >= 0.3 is 0 Å². The van der Waals surface area contributed by atoms with E-state index in [-0.39, 0.29) is 28.7 Å². The second-order valence-corrected chi connectivity index (χ2v) is 5.57. The number of nitro groups is 1. The zero-order chi connectivity index (χ0) is 18.1. The molecule has 0 aromatic heterocycles. The van der Waals surface area contributed by atoms with Crippen LogP contribution in [0.5, 0.6) is 17.2 Å². The molecule has 1 aliphatic heterocycles. The fourth-order valence-electron chi connectivity index (χ4n) is 2.47. The number of carbonyl (C=O) groups excluding carboxylic acids is 1. The number of ether oxygens (including phenoxy) is 2. The molecule has 0 bridgehead atoms. The van der Waals surface area contributed by atoms with Gasteiger partial charge < -0.3 is 14.3 Å². The van der Waals surface area contributed by atoms with Gasteiger partial charge in [-0.3, -0.25) is 14.9 Å². The summed E-state index contributed by atoms with van der Waals surface area (Å²) in [6.07, 6.45) is 0.0477. The average Bonchev–Trinajstić information content (AvgIpc) is 2.60. The Hall–Kier alpha value is -3.00. The van der Waals surface area contributed by atoms with Crippen LogP contribution in [0.3, 0.4) is 0 Å². The van der Waals surface area contributed by atoms with Crippen LogP contribution in [0.4, 0.5) is 11.4 Å². The van der Waals surface area contributed by atoms with Gasteiger partial charge in [0.2, 0.25) is 0 Å². The first-order valence-electron chi connectivity index (χ1n) is 7.14. The summed E-state index contributed by atoms with van der Waals surface area (Å²) in [7, 11) is 2.98. The minimum atomic E-state index is -0.623. The summed E-state index contributed by atoms with van der Waals surface area (Å²) >= 11 is 5.80. The molecule has 1 amide bonds. The molecule has 0 radical (unpaired) electrons. The van der Waals surface area contributed by atoms with Crippen LogP contribution in [0.1, 0.15) is 5.56 Å². The van der Waals surface area contributed by atoms with E-state index in [4.69, 9.17) is 25.9 Å². The van der Waals surface area contributed by atoms with Gasteiger partial charge in [0.25, 0.3) is 11.6 Å². The molecule has 2 aromatic rings. The number of hydroxylamine groups is 1. The SMILES string of the molecule is COc1cc2c(cc1OC)ON(c1ccc(Cl)c([N+](=O)[O-])c1)C(=O)C2. The lowest BCUT2D eigenvalue weighted by Gasteiger charge is -2.28. The number of nitro benzene ring substituents is 1. The maximum Gasteiger partial charge on any atom is 0.290 e. The lowest BCUT2D eigenvalue weighted by Crippen LogP contribution is -2.39. The highest BCUT2D eigenvalue weighted by molar-refractivity contribution is 6.32. The van der Waals surface area contributed by atoms with Crippen molar-refractivity contribution in [1.29, 1.82) is 0 Å². The van der Waals surface area contributed by atoms with Crippen molar-refractivity contribution in [2.75, 3.05) is 19.3 Å². The lowest BCUT2D eigenvalue weighted by molar-refractivity contribution is -0.384. The molecule has 9 heteroatoms. The molecule has 1 aliphatic rings. The maximum atomic E-state index is 12.4. The van der Waals surface area contributed by atoms with Crippen LogP contribution in [0.15, 0.2) is 30.3 Å². The van der Waals surface area contributed by atoms with Gasteiger partial charge in [-0.25, -0.2) is 0 Å². The lowest BCUT2D eigenvalue weighted by atomic mass is 10.1. The van der Waals surface area contributed by atoms with Gasteiger partial charge in [-0.1, -0.05) is 11.6 Å². The van der Waals surface area contributed by atoms with Crippen LogP contribution in [0.2, 0.25) is 5.02 Å². The van der Waals surface area contributed by atoms with E-state index >= 15 is 0 Å². The monoisotopic (exact) mass is 364 g/mol. The van der Waals surface area contributed by atoms with Crippen LogP contribution < -0.4 is 19.4 Å². The van der Waals surface area contributed by atoms with Crippen LogP contribution in [-0.4, -0.2) is 25.1 Å². The fourth-order valence-corrected chi connectivity index (χ4v) is 2.66. The topological polar surface area (TPSA) is 91.1 Å². The zero-order valence-corrected chi connectivity index (χ0v) is 14.1. The van der Waals surface area contributed by atoms with Crippen molar-refractivity contribution in [3.63, 3.8) is 0 Å². The van der Waals surface area contributed by atoms with Crippen molar-refractivity contribution in [2.24, 2.45) is 0 Å². The molecule has 3 rings (SSSR count). The molecule has 0 saturated carbocycles. The Balaban J connectivity index is 2.00. The van der Waals surface area contributed by atoms with Crippen LogP contribution in [-0.2, 0) is 11.2 Å². The minimum absolute atomic E-state index is 0.0231. The van der Waals surface area contributed by atoms with E-state index in [0.717, 1.165) is 5.06 Å². The summed E-state index contributed by atoms with van der Waals surface area (Å²) in [5.74, 6) is 0.942. The van der Waals surface area contributed by atoms with Crippen LogP contribution >= 0.6 is 11.6 Å².